The molecule has 3 rings (SSSR count). The third kappa shape index (κ3) is 3.80. The van der Waals surface area contributed by atoms with Crippen LogP contribution in [-0.2, 0) is 13.1 Å². The molecule has 0 bridgehead atoms. The van der Waals surface area contributed by atoms with E-state index in [1.807, 2.05) is 24.5 Å². The summed E-state index contributed by atoms with van der Waals surface area (Å²) in [6, 6.07) is 16.4. The minimum absolute atomic E-state index is 0.807. The number of allylic oxidation sites excluding steroid dienone is 2. The largest absolute Gasteiger partial charge is 0.411 e. The summed E-state index contributed by atoms with van der Waals surface area (Å²) in [6.45, 7) is 1.65. The molecule has 2 aromatic heterocycles. The molecule has 0 aliphatic heterocycles. The minimum Gasteiger partial charge on any atom is -0.411 e. The first-order valence-corrected chi connectivity index (χ1v) is 7.55. The molecule has 0 saturated carbocycles. The topological polar surface area (TPSA) is 40.4 Å². The van der Waals surface area contributed by atoms with Crippen LogP contribution in [0.25, 0.3) is 10.9 Å². The van der Waals surface area contributed by atoms with Gasteiger partial charge in [0.2, 0.25) is 5.52 Å². The van der Waals surface area contributed by atoms with Crippen LogP contribution in [0.2, 0.25) is 0 Å². The molecular formula is C19H19N3O+2. The molecule has 0 aliphatic rings. The minimum atomic E-state index is 0.807. The van der Waals surface area contributed by atoms with Gasteiger partial charge in [-0.3, -0.25) is 0 Å². The van der Waals surface area contributed by atoms with Gasteiger partial charge in [-0.1, -0.05) is 17.3 Å². The number of pyridine rings is 2. The number of para-hydroxylation sites is 1. The Balaban J connectivity index is 1.64. The fourth-order valence-electron chi connectivity index (χ4n) is 2.51. The van der Waals surface area contributed by atoms with Crippen molar-refractivity contribution in [2.75, 3.05) is 0 Å². The number of hydrogen-bond donors (Lipinski definition) is 1. The summed E-state index contributed by atoms with van der Waals surface area (Å²) >= 11 is 0. The average molecular weight is 305 g/mol. The summed E-state index contributed by atoms with van der Waals surface area (Å²) in [6.07, 6.45) is 11.8. The molecule has 1 N–H and O–H groups in total. The van der Waals surface area contributed by atoms with Gasteiger partial charge in [-0.2, -0.15) is 4.57 Å². The van der Waals surface area contributed by atoms with Crippen LogP contribution < -0.4 is 9.13 Å². The van der Waals surface area contributed by atoms with Gasteiger partial charge in [0.15, 0.2) is 31.7 Å². The predicted molar refractivity (Wildman–Crippen MR) is 89.3 cm³/mol. The van der Waals surface area contributed by atoms with Crippen LogP contribution in [0.1, 0.15) is 5.56 Å². The molecule has 0 saturated heterocycles. The van der Waals surface area contributed by atoms with E-state index in [9.17, 15) is 0 Å². The number of oxime groups is 1. The molecule has 0 spiro atoms. The predicted octanol–water partition coefficient (Wildman–Crippen LogP) is 2.48. The van der Waals surface area contributed by atoms with E-state index in [1.54, 1.807) is 0 Å². The van der Waals surface area contributed by atoms with E-state index in [-0.39, 0.29) is 0 Å². The van der Waals surface area contributed by atoms with Crippen molar-refractivity contribution in [3.05, 3.63) is 84.8 Å². The second kappa shape index (κ2) is 7.31. The van der Waals surface area contributed by atoms with E-state index in [2.05, 4.69) is 69.0 Å². The first-order chi connectivity index (χ1) is 11.4. The van der Waals surface area contributed by atoms with Crippen molar-refractivity contribution in [2.45, 2.75) is 13.1 Å². The second-order valence-corrected chi connectivity index (χ2v) is 5.26. The van der Waals surface area contributed by atoms with E-state index in [1.165, 1.54) is 17.1 Å². The lowest BCUT2D eigenvalue weighted by atomic mass is 10.2. The molecule has 0 radical (unpaired) electrons. The van der Waals surface area contributed by atoms with E-state index < -0.39 is 0 Å². The number of rotatable bonds is 5. The lowest BCUT2D eigenvalue weighted by Gasteiger charge is -1.98. The van der Waals surface area contributed by atoms with E-state index in [0.717, 1.165) is 18.7 Å². The first kappa shape index (κ1) is 14.9. The molecule has 0 unspecified atom stereocenters. The Morgan fingerprint density at radius 3 is 2.43 bits per heavy atom. The van der Waals surface area contributed by atoms with Crippen molar-refractivity contribution in [3.8, 4) is 0 Å². The summed E-state index contributed by atoms with van der Waals surface area (Å²) in [5.41, 5.74) is 2.11. The zero-order chi connectivity index (χ0) is 15.9. The maximum absolute atomic E-state index is 8.49. The van der Waals surface area contributed by atoms with Gasteiger partial charge < -0.3 is 5.21 Å². The molecule has 114 valence electrons. The third-order valence-electron chi connectivity index (χ3n) is 3.70. The highest BCUT2D eigenvalue weighted by atomic mass is 16.4. The number of fused-ring (bicyclic) bond motifs is 1. The van der Waals surface area contributed by atoms with Gasteiger partial charge in [-0.05, 0) is 24.3 Å². The fourth-order valence-corrected chi connectivity index (χ4v) is 2.51. The summed E-state index contributed by atoms with van der Waals surface area (Å²) < 4.78 is 4.30. The van der Waals surface area contributed by atoms with E-state index in [4.69, 9.17) is 5.21 Å². The van der Waals surface area contributed by atoms with Gasteiger partial charge in [0, 0.05) is 35.2 Å². The van der Waals surface area contributed by atoms with Crippen LogP contribution in [-0.4, -0.2) is 11.4 Å². The standard InChI is InChI=1S/C19H18N3O/c23-20-16-17-9-14-21(15-10-17)11-3-4-12-22-13-5-7-18-6-1-2-8-19(18)22/h1-10,13-16H,11-12H2/q+1/p+1/b4-3+. The summed E-state index contributed by atoms with van der Waals surface area (Å²) in [4.78, 5) is 0. The highest BCUT2D eigenvalue weighted by Gasteiger charge is 2.05. The Morgan fingerprint density at radius 1 is 0.870 bits per heavy atom. The highest BCUT2D eigenvalue weighted by Crippen LogP contribution is 2.07. The van der Waals surface area contributed by atoms with Crippen LogP contribution in [0.5, 0.6) is 0 Å². The van der Waals surface area contributed by atoms with Crippen molar-refractivity contribution in [1.82, 2.24) is 0 Å². The fraction of sp³-hybridized carbons (Fsp3) is 0.105. The van der Waals surface area contributed by atoms with Gasteiger partial charge in [0.25, 0.3) is 0 Å². The Hall–Kier alpha value is -3.01. The number of benzene rings is 1. The molecule has 4 nitrogen and oxygen atoms in total. The molecule has 2 heterocycles. The second-order valence-electron chi connectivity index (χ2n) is 5.26. The maximum atomic E-state index is 8.49. The number of nitrogens with zero attached hydrogens (tertiary/aromatic N) is 3. The van der Waals surface area contributed by atoms with Crippen LogP contribution in [0, 0.1) is 0 Å². The van der Waals surface area contributed by atoms with Crippen LogP contribution >= 0.6 is 0 Å². The van der Waals surface area contributed by atoms with Crippen molar-refractivity contribution >= 4 is 17.1 Å². The SMILES string of the molecule is O/N=C\c1cc[n+](C/C=C/C[n+]2cccc3ccccc32)cc1. The van der Waals surface area contributed by atoms with Crippen LogP contribution in [0.3, 0.4) is 0 Å². The first-order valence-electron chi connectivity index (χ1n) is 7.55. The molecule has 1 aromatic carbocycles. The van der Waals surface area contributed by atoms with Crippen molar-refractivity contribution in [2.24, 2.45) is 5.16 Å². The van der Waals surface area contributed by atoms with E-state index >= 15 is 0 Å². The van der Waals surface area contributed by atoms with Gasteiger partial charge in [0.05, 0.1) is 6.21 Å². The Morgan fingerprint density at radius 2 is 1.61 bits per heavy atom. The molecule has 0 atom stereocenters. The zero-order valence-corrected chi connectivity index (χ0v) is 12.8. The normalized spacial score (nSPS) is 11.7. The Kier molecular flexibility index (Phi) is 4.74. The smallest absolute Gasteiger partial charge is 0.212 e. The quantitative estimate of drug-likeness (QED) is 0.254. The van der Waals surface area contributed by atoms with Crippen LogP contribution in [0.4, 0.5) is 0 Å². The number of hydrogen-bond acceptors (Lipinski definition) is 2. The molecule has 0 fully saturated rings. The molecule has 3 aromatic rings. The number of aromatic nitrogens is 2. The highest BCUT2D eigenvalue weighted by molar-refractivity contribution is 5.78. The zero-order valence-electron chi connectivity index (χ0n) is 12.8. The monoisotopic (exact) mass is 305 g/mol. The third-order valence-corrected chi connectivity index (χ3v) is 3.70. The maximum Gasteiger partial charge on any atom is 0.212 e. The Bertz CT molecular complexity index is 833. The molecule has 0 aliphatic carbocycles. The van der Waals surface area contributed by atoms with Gasteiger partial charge in [-0.15, -0.1) is 0 Å². The van der Waals surface area contributed by atoms with Gasteiger partial charge >= 0.3 is 0 Å². The lowest BCUT2D eigenvalue weighted by molar-refractivity contribution is -0.687. The molecule has 4 heteroatoms. The summed E-state index contributed by atoms with van der Waals surface area (Å²) in [5.74, 6) is 0. The van der Waals surface area contributed by atoms with Crippen molar-refractivity contribution in [1.29, 1.82) is 0 Å². The lowest BCUT2D eigenvalue weighted by Crippen LogP contribution is -2.34. The van der Waals surface area contributed by atoms with Crippen molar-refractivity contribution < 1.29 is 14.3 Å². The van der Waals surface area contributed by atoms with Crippen LogP contribution in [0.15, 0.2) is 84.4 Å². The molecular weight excluding hydrogens is 286 g/mol. The summed E-state index contributed by atoms with van der Waals surface area (Å²) in [5, 5.41) is 12.8. The average Bonchev–Trinajstić information content (AvgIpc) is 2.60. The molecule has 23 heavy (non-hydrogen) atoms. The Labute approximate surface area is 135 Å². The van der Waals surface area contributed by atoms with E-state index in [0.29, 0.717) is 0 Å². The van der Waals surface area contributed by atoms with Crippen molar-refractivity contribution in [3.63, 3.8) is 0 Å². The molecule has 0 amide bonds. The van der Waals surface area contributed by atoms with Gasteiger partial charge in [-0.25, -0.2) is 4.57 Å². The summed E-state index contributed by atoms with van der Waals surface area (Å²) in [7, 11) is 0. The van der Waals surface area contributed by atoms with Gasteiger partial charge in [0.1, 0.15) is 0 Å².